The molecule has 2 amide bonds. The number of H-pyrrole nitrogens is 1. The Labute approximate surface area is 185 Å². The van der Waals surface area contributed by atoms with E-state index in [1.807, 2.05) is 19.1 Å². The third-order valence-electron chi connectivity index (χ3n) is 5.12. The van der Waals surface area contributed by atoms with Gasteiger partial charge in [-0.25, -0.2) is 24.7 Å². The van der Waals surface area contributed by atoms with Gasteiger partial charge in [-0.2, -0.15) is 5.26 Å². The zero-order valence-corrected chi connectivity index (χ0v) is 17.7. The minimum atomic E-state index is -0.286. The quantitative estimate of drug-likeness (QED) is 0.534. The molecule has 32 heavy (non-hydrogen) atoms. The van der Waals surface area contributed by atoms with Crippen molar-refractivity contribution in [3.8, 4) is 17.6 Å². The molecule has 1 saturated heterocycles. The fourth-order valence-corrected chi connectivity index (χ4v) is 3.58. The van der Waals surface area contributed by atoms with Gasteiger partial charge < -0.3 is 15.2 Å². The molecule has 0 radical (unpaired) electrons. The summed E-state index contributed by atoms with van der Waals surface area (Å²) in [6, 6.07) is 7.52. The second kappa shape index (κ2) is 9.84. The number of pyridine rings is 1. The molecule has 0 aromatic carbocycles. The van der Waals surface area contributed by atoms with Crippen LogP contribution in [0.3, 0.4) is 0 Å². The first-order valence-electron chi connectivity index (χ1n) is 10.4. The van der Waals surface area contributed by atoms with Gasteiger partial charge in [0.05, 0.1) is 11.4 Å². The third-order valence-corrected chi connectivity index (χ3v) is 5.12. The van der Waals surface area contributed by atoms with E-state index in [1.165, 1.54) is 6.33 Å². The van der Waals surface area contributed by atoms with E-state index >= 15 is 0 Å². The van der Waals surface area contributed by atoms with E-state index in [1.54, 1.807) is 18.5 Å². The Bertz CT molecular complexity index is 1100. The van der Waals surface area contributed by atoms with Crippen LogP contribution in [0, 0.1) is 11.3 Å². The fourth-order valence-electron chi connectivity index (χ4n) is 3.58. The molecule has 0 saturated carbocycles. The molecule has 0 bridgehead atoms. The van der Waals surface area contributed by atoms with E-state index in [2.05, 4.69) is 51.4 Å². The highest BCUT2D eigenvalue weighted by atomic mass is 16.2. The SMILES string of the molecule is CCNC(=O)Nc1cc(CN2CCN(c3ccc(-c4ncc[nH]4)nc3C#N)CC2)ncn1. The summed E-state index contributed by atoms with van der Waals surface area (Å²) < 4.78 is 0. The van der Waals surface area contributed by atoms with Crippen LogP contribution in [0.15, 0.2) is 36.9 Å². The van der Waals surface area contributed by atoms with Crippen molar-refractivity contribution in [2.45, 2.75) is 13.5 Å². The number of nitrogens with one attached hydrogen (secondary N) is 3. The number of nitrogens with zero attached hydrogens (tertiary/aromatic N) is 7. The van der Waals surface area contributed by atoms with Crippen LogP contribution in [0.25, 0.3) is 11.5 Å². The molecule has 4 rings (SSSR count). The highest BCUT2D eigenvalue weighted by molar-refractivity contribution is 5.88. The van der Waals surface area contributed by atoms with E-state index in [4.69, 9.17) is 0 Å². The van der Waals surface area contributed by atoms with Crippen molar-refractivity contribution in [3.63, 3.8) is 0 Å². The average Bonchev–Trinajstić information content (AvgIpc) is 3.35. The molecule has 0 spiro atoms. The third kappa shape index (κ3) is 4.98. The molecular weight excluding hydrogens is 408 g/mol. The van der Waals surface area contributed by atoms with Crippen molar-refractivity contribution in [1.82, 2.24) is 35.1 Å². The second-order valence-electron chi connectivity index (χ2n) is 7.26. The predicted octanol–water partition coefficient (Wildman–Crippen LogP) is 1.60. The van der Waals surface area contributed by atoms with Crippen LogP contribution in [-0.4, -0.2) is 68.6 Å². The number of aromatic nitrogens is 5. The second-order valence-corrected chi connectivity index (χ2v) is 7.26. The number of anilines is 2. The zero-order valence-electron chi connectivity index (χ0n) is 17.7. The number of carbonyl (C=O) groups is 1. The van der Waals surface area contributed by atoms with Crippen LogP contribution >= 0.6 is 0 Å². The van der Waals surface area contributed by atoms with E-state index < -0.39 is 0 Å². The highest BCUT2D eigenvalue weighted by Gasteiger charge is 2.21. The Balaban J connectivity index is 1.37. The maximum atomic E-state index is 11.7. The van der Waals surface area contributed by atoms with Crippen molar-refractivity contribution in [3.05, 3.63) is 48.3 Å². The van der Waals surface area contributed by atoms with Crippen LogP contribution in [0.2, 0.25) is 0 Å². The molecule has 3 aromatic heterocycles. The summed E-state index contributed by atoms with van der Waals surface area (Å²) in [6.45, 7) is 6.22. The lowest BCUT2D eigenvalue weighted by atomic mass is 10.2. The number of amides is 2. The van der Waals surface area contributed by atoms with Crippen LogP contribution in [-0.2, 0) is 6.54 Å². The van der Waals surface area contributed by atoms with Gasteiger partial charge in [0, 0.05) is 57.7 Å². The van der Waals surface area contributed by atoms with E-state index in [9.17, 15) is 10.1 Å². The van der Waals surface area contributed by atoms with E-state index in [0.717, 1.165) is 37.6 Å². The molecule has 1 fully saturated rings. The topological polar surface area (TPSA) is 139 Å². The number of rotatable bonds is 6. The van der Waals surface area contributed by atoms with Gasteiger partial charge in [0.1, 0.15) is 23.9 Å². The molecular formula is C21H24N10O. The normalized spacial score (nSPS) is 14.1. The first kappa shape index (κ1) is 21.2. The van der Waals surface area contributed by atoms with Gasteiger partial charge in [0.25, 0.3) is 0 Å². The number of carbonyl (C=O) groups excluding carboxylic acids is 1. The van der Waals surface area contributed by atoms with Gasteiger partial charge in [-0.1, -0.05) is 0 Å². The van der Waals surface area contributed by atoms with Gasteiger partial charge in [0.2, 0.25) is 0 Å². The summed E-state index contributed by atoms with van der Waals surface area (Å²) in [5.41, 5.74) is 2.71. The maximum absolute atomic E-state index is 11.7. The standard InChI is InChI=1S/C21H24N10O/c1-2-23-21(32)29-19-11-15(26-14-27-19)13-30-7-9-31(10-8-30)18-4-3-16(28-17(18)12-22)20-24-5-6-25-20/h3-6,11,14H,2,7-10,13H2,1H3,(H,24,25)(H2,23,26,27,29,32). The molecule has 11 heteroatoms. The Kier molecular flexibility index (Phi) is 6.52. The summed E-state index contributed by atoms with van der Waals surface area (Å²) >= 11 is 0. The van der Waals surface area contributed by atoms with Gasteiger partial charge >= 0.3 is 6.03 Å². The van der Waals surface area contributed by atoms with Crippen LogP contribution < -0.4 is 15.5 Å². The van der Waals surface area contributed by atoms with Gasteiger partial charge in [0.15, 0.2) is 11.5 Å². The number of nitriles is 1. The molecule has 0 aliphatic carbocycles. The fraction of sp³-hybridized carbons (Fsp3) is 0.333. The molecule has 3 aromatic rings. The average molecular weight is 432 g/mol. The van der Waals surface area contributed by atoms with Crippen LogP contribution in [0.1, 0.15) is 18.3 Å². The van der Waals surface area contributed by atoms with Crippen LogP contribution in [0.5, 0.6) is 0 Å². The van der Waals surface area contributed by atoms with Crippen molar-refractivity contribution in [2.75, 3.05) is 42.9 Å². The molecule has 4 heterocycles. The molecule has 0 unspecified atom stereocenters. The number of hydrogen-bond acceptors (Lipinski definition) is 8. The van der Waals surface area contributed by atoms with Gasteiger partial charge in [-0.05, 0) is 19.1 Å². The Hall–Kier alpha value is -4.04. The lowest BCUT2D eigenvalue weighted by Crippen LogP contribution is -2.46. The summed E-state index contributed by atoms with van der Waals surface area (Å²) in [7, 11) is 0. The van der Waals surface area contributed by atoms with Crippen LogP contribution in [0.4, 0.5) is 16.3 Å². The summed E-state index contributed by atoms with van der Waals surface area (Å²) in [6.07, 6.45) is 4.85. The number of imidazole rings is 1. The highest BCUT2D eigenvalue weighted by Crippen LogP contribution is 2.24. The van der Waals surface area contributed by atoms with Gasteiger partial charge in [-0.15, -0.1) is 0 Å². The maximum Gasteiger partial charge on any atom is 0.320 e. The number of piperazine rings is 1. The first-order valence-corrected chi connectivity index (χ1v) is 10.4. The zero-order chi connectivity index (χ0) is 22.3. The van der Waals surface area contributed by atoms with Crippen molar-refractivity contribution in [1.29, 1.82) is 5.26 Å². The van der Waals surface area contributed by atoms with Crippen molar-refractivity contribution < 1.29 is 4.79 Å². The molecule has 0 atom stereocenters. The summed E-state index contributed by atoms with van der Waals surface area (Å²) in [4.78, 5) is 36.3. The number of hydrogen-bond donors (Lipinski definition) is 3. The lowest BCUT2D eigenvalue weighted by Gasteiger charge is -2.36. The van der Waals surface area contributed by atoms with Gasteiger partial charge in [-0.3, -0.25) is 10.2 Å². The molecule has 1 aliphatic rings. The lowest BCUT2D eigenvalue weighted by molar-refractivity contribution is 0.247. The Morgan fingerprint density at radius 2 is 2.06 bits per heavy atom. The first-order chi connectivity index (χ1) is 15.7. The number of aromatic amines is 1. The Morgan fingerprint density at radius 1 is 1.22 bits per heavy atom. The summed E-state index contributed by atoms with van der Waals surface area (Å²) in [5.74, 6) is 1.12. The Morgan fingerprint density at radius 3 is 2.78 bits per heavy atom. The monoisotopic (exact) mass is 432 g/mol. The van der Waals surface area contributed by atoms with Crippen molar-refractivity contribution >= 4 is 17.5 Å². The minimum Gasteiger partial charge on any atom is -0.367 e. The molecule has 1 aliphatic heterocycles. The van der Waals surface area contributed by atoms with E-state index in [-0.39, 0.29) is 6.03 Å². The minimum absolute atomic E-state index is 0.286. The molecule has 11 nitrogen and oxygen atoms in total. The summed E-state index contributed by atoms with van der Waals surface area (Å²) in [5, 5.41) is 15.0. The number of urea groups is 1. The molecule has 3 N–H and O–H groups in total. The molecule has 164 valence electrons. The van der Waals surface area contributed by atoms with Crippen molar-refractivity contribution in [2.24, 2.45) is 0 Å². The predicted molar refractivity (Wildman–Crippen MR) is 119 cm³/mol. The van der Waals surface area contributed by atoms with E-state index in [0.29, 0.717) is 36.1 Å². The largest absolute Gasteiger partial charge is 0.367 e. The smallest absolute Gasteiger partial charge is 0.320 e.